The lowest BCUT2D eigenvalue weighted by molar-refractivity contribution is 0.0940. The minimum atomic E-state index is -0.129. The first-order valence-electron chi connectivity index (χ1n) is 4.54. The second-order valence-electron chi connectivity index (χ2n) is 3.10. The predicted octanol–water partition coefficient (Wildman–Crippen LogP) is 0.560. The summed E-state index contributed by atoms with van der Waals surface area (Å²) in [5.74, 6) is -0.129. The molecule has 0 aliphatic rings. The highest BCUT2D eigenvalue weighted by Crippen LogP contribution is 2.00. The molecule has 0 spiro atoms. The second kappa shape index (κ2) is 5.87. The number of halogens is 1. The summed E-state index contributed by atoms with van der Waals surface area (Å²) in [6.07, 6.45) is 1.59. The van der Waals surface area contributed by atoms with E-state index in [0.29, 0.717) is 18.8 Å². The standard InChI is InChI=1S/C9H14BrN3O2/c1-13-8(3-4-12-13)9(14)11-5-7(10)6-15-2/h3-4,7H,5-6H2,1-2H3,(H,11,14). The Morgan fingerprint density at radius 3 is 3.07 bits per heavy atom. The van der Waals surface area contributed by atoms with E-state index in [4.69, 9.17) is 4.74 Å². The van der Waals surface area contributed by atoms with Crippen molar-refractivity contribution in [2.24, 2.45) is 7.05 Å². The predicted molar refractivity (Wildman–Crippen MR) is 60.1 cm³/mol. The SMILES string of the molecule is COCC(Br)CNC(=O)c1ccnn1C. The quantitative estimate of drug-likeness (QED) is 0.799. The van der Waals surface area contributed by atoms with Crippen LogP contribution in [0.4, 0.5) is 0 Å². The number of nitrogens with one attached hydrogen (secondary N) is 1. The Morgan fingerprint density at radius 2 is 2.53 bits per heavy atom. The summed E-state index contributed by atoms with van der Waals surface area (Å²) in [6.45, 7) is 1.09. The molecule has 1 rings (SSSR count). The molecule has 6 heteroatoms. The van der Waals surface area contributed by atoms with Gasteiger partial charge in [0.2, 0.25) is 0 Å². The molecule has 1 heterocycles. The smallest absolute Gasteiger partial charge is 0.269 e. The van der Waals surface area contributed by atoms with E-state index in [0.717, 1.165) is 0 Å². The average molecular weight is 276 g/mol. The van der Waals surface area contributed by atoms with E-state index in [2.05, 4.69) is 26.3 Å². The third kappa shape index (κ3) is 3.64. The minimum absolute atomic E-state index is 0.125. The van der Waals surface area contributed by atoms with Gasteiger partial charge in [0.25, 0.3) is 5.91 Å². The number of amides is 1. The van der Waals surface area contributed by atoms with Crippen LogP contribution < -0.4 is 5.32 Å². The van der Waals surface area contributed by atoms with Gasteiger partial charge in [0.15, 0.2) is 0 Å². The van der Waals surface area contributed by atoms with E-state index in [-0.39, 0.29) is 10.7 Å². The van der Waals surface area contributed by atoms with Gasteiger partial charge in [-0.1, -0.05) is 15.9 Å². The maximum Gasteiger partial charge on any atom is 0.269 e. The van der Waals surface area contributed by atoms with Gasteiger partial charge < -0.3 is 10.1 Å². The van der Waals surface area contributed by atoms with Crippen molar-refractivity contribution in [2.75, 3.05) is 20.3 Å². The maximum absolute atomic E-state index is 11.6. The number of rotatable bonds is 5. The number of hydrogen-bond donors (Lipinski definition) is 1. The number of methoxy groups -OCH3 is 1. The Kier molecular flexibility index (Phi) is 4.77. The average Bonchev–Trinajstić information content (AvgIpc) is 2.61. The molecule has 0 saturated heterocycles. The van der Waals surface area contributed by atoms with E-state index < -0.39 is 0 Å². The van der Waals surface area contributed by atoms with Crippen LogP contribution in [0.2, 0.25) is 0 Å². The molecule has 5 nitrogen and oxygen atoms in total. The van der Waals surface area contributed by atoms with Crippen LogP contribution in [0.25, 0.3) is 0 Å². The fourth-order valence-electron chi connectivity index (χ4n) is 1.13. The summed E-state index contributed by atoms with van der Waals surface area (Å²) in [5, 5.41) is 6.70. The zero-order valence-corrected chi connectivity index (χ0v) is 10.3. The van der Waals surface area contributed by atoms with Gasteiger partial charge in [-0.3, -0.25) is 9.48 Å². The molecule has 84 valence electrons. The molecule has 1 atom stereocenters. The van der Waals surface area contributed by atoms with Gasteiger partial charge in [-0.05, 0) is 6.07 Å². The summed E-state index contributed by atoms with van der Waals surface area (Å²) < 4.78 is 6.47. The second-order valence-corrected chi connectivity index (χ2v) is 4.40. The van der Waals surface area contributed by atoms with Gasteiger partial charge in [-0.2, -0.15) is 5.10 Å². The fraction of sp³-hybridized carbons (Fsp3) is 0.556. The Hall–Kier alpha value is -0.880. The summed E-state index contributed by atoms with van der Waals surface area (Å²) in [7, 11) is 3.35. The van der Waals surface area contributed by atoms with Crippen molar-refractivity contribution in [1.29, 1.82) is 0 Å². The molecule has 1 N–H and O–H groups in total. The monoisotopic (exact) mass is 275 g/mol. The van der Waals surface area contributed by atoms with Gasteiger partial charge in [0, 0.05) is 26.9 Å². The lowest BCUT2D eigenvalue weighted by atomic mass is 10.3. The van der Waals surface area contributed by atoms with E-state index in [1.807, 2.05) is 0 Å². The molecule has 0 fully saturated rings. The van der Waals surface area contributed by atoms with Crippen LogP contribution in [-0.2, 0) is 11.8 Å². The number of carbonyl (C=O) groups is 1. The molecular formula is C9H14BrN3O2. The third-order valence-corrected chi connectivity index (χ3v) is 2.47. The van der Waals surface area contributed by atoms with Crippen molar-refractivity contribution < 1.29 is 9.53 Å². The number of hydrogen-bond acceptors (Lipinski definition) is 3. The van der Waals surface area contributed by atoms with Crippen molar-refractivity contribution in [1.82, 2.24) is 15.1 Å². The summed E-state index contributed by atoms with van der Waals surface area (Å²) in [6, 6.07) is 1.68. The molecule has 1 amide bonds. The number of alkyl halides is 1. The Morgan fingerprint density at radius 1 is 1.80 bits per heavy atom. The molecule has 15 heavy (non-hydrogen) atoms. The van der Waals surface area contributed by atoms with Crippen LogP contribution in [0.15, 0.2) is 12.3 Å². The van der Waals surface area contributed by atoms with Crippen LogP contribution in [0.3, 0.4) is 0 Å². The van der Waals surface area contributed by atoms with Crippen LogP contribution in [0.5, 0.6) is 0 Å². The highest BCUT2D eigenvalue weighted by atomic mass is 79.9. The number of carbonyl (C=O) groups excluding carboxylic acids is 1. The van der Waals surface area contributed by atoms with Gasteiger partial charge in [-0.15, -0.1) is 0 Å². The largest absolute Gasteiger partial charge is 0.383 e. The van der Waals surface area contributed by atoms with Gasteiger partial charge in [0.05, 0.1) is 11.4 Å². The van der Waals surface area contributed by atoms with Crippen LogP contribution in [0, 0.1) is 0 Å². The Balaban J connectivity index is 2.40. The Bertz CT molecular complexity index is 327. The number of aryl methyl sites for hydroxylation is 1. The molecule has 1 unspecified atom stereocenters. The Labute approximate surface area is 96.9 Å². The summed E-state index contributed by atoms with van der Waals surface area (Å²) in [4.78, 5) is 11.7. The molecule has 0 radical (unpaired) electrons. The molecule has 0 aliphatic carbocycles. The van der Waals surface area contributed by atoms with E-state index in [1.54, 1.807) is 26.4 Å². The molecule has 1 aromatic heterocycles. The first kappa shape index (κ1) is 12.2. The van der Waals surface area contributed by atoms with Gasteiger partial charge in [0.1, 0.15) is 5.69 Å². The lowest BCUT2D eigenvalue weighted by Crippen LogP contribution is -2.32. The number of aromatic nitrogens is 2. The van der Waals surface area contributed by atoms with Crippen molar-refractivity contribution in [3.63, 3.8) is 0 Å². The zero-order valence-electron chi connectivity index (χ0n) is 8.74. The van der Waals surface area contributed by atoms with Crippen LogP contribution in [0.1, 0.15) is 10.5 Å². The maximum atomic E-state index is 11.6. The zero-order chi connectivity index (χ0) is 11.3. The lowest BCUT2D eigenvalue weighted by Gasteiger charge is -2.09. The molecule has 0 aromatic carbocycles. The highest BCUT2D eigenvalue weighted by molar-refractivity contribution is 9.09. The van der Waals surface area contributed by atoms with Crippen LogP contribution in [-0.4, -0.2) is 40.8 Å². The fourth-order valence-corrected chi connectivity index (χ4v) is 1.56. The molecule has 0 saturated carbocycles. The normalized spacial score (nSPS) is 12.5. The third-order valence-electron chi connectivity index (χ3n) is 1.89. The molecule has 1 aromatic rings. The summed E-state index contributed by atoms with van der Waals surface area (Å²) in [5.41, 5.74) is 0.548. The van der Waals surface area contributed by atoms with Crippen molar-refractivity contribution in [2.45, 2.75) is 4.83 Å². The van der Waals surface area contributed by atoms with E-state index in [1.165, 1.54) is 4.68 Å². The first-order chi connectivity index (χ1) is 7.15. The van der Waals surface area contributed by atoms with Crippen molar-refractivity contribution in [3.8, 4) is 0 Å². The molecule has 0 bridgehead atoms. The van der Waals surface area contributed by atoms with Crippen molar-refractivity contribution in [3.05, 3.63) is 18.0 Å². The van der Waals surface area contributed by atoms with Gasteiger partial charge >= 0.3 is 0 Å². The van der Waals surface area contributed by atoms with Gasteiger partial charge in [-0.25, -0.2) is 0 Å². The minimum Gasteiger partial charge on any atom is -0.383 e. The van der Waals surface area contributed by atoms with Crippen LogP contribution >= 0.6 is 15.9 Å². The number of ether oxygens (including phenoxy) is 1. The summed E-state index contributed by atoms with van der Waals surface area (Å²) >= 11 is 3.39. The van der Waals surface area contributed by atoms with E-state index >= 15 is 0 Å². The molecule has 0 aliphatic heterocycles. The van der Waals surface area contributed by atoms with Crippen molar-refractivity contribution >= 4 is 21.8 Å². The molecular weight excluding hydrogens is 262 g/mol. The number of nitrogens with zero attached hydrogens (tertiary/aromatic N) is 2. The highest BCUT2D eigenvalue weighted by Gasteiger charge is 2.11. The first-order valence-corrected chi connectivity index (χ1v) is 5.46. The topological polar surface area (TPSA) is 56.1 Å². The van der Waals surface area contributed by atoms with E-state index in [9.17, 15) is 4.79 Å².